The van der Waals surface area contributed by atoms with Crippen LogP contribution in [0.15, 0.2) is 0 Å². The summed E-state index contributed by atoms with van der Waals surface area (Å²) >= 11 is 1.97. The molecule has 2 N–H and O–H groups in total. The Balaban J connectivity index is 1.80. The van der Waals surface area contributed by atoms with Crippen LogP contribution in [0.1, 0.15) is 12.8 Å². The quantitative estimate of drug-likeness (QED) is 0.615. The molecule has 0 spiro atoms. The summed E-state index contributed by atoms with van der Waals surface area (Å²) < 4.78 is 0. The maximum atomic E-state index is 10.8. The Morgan fingerprint density at radius 3 is 2.92 bits per heavy atom. The van der Waals surface area contributed by atoms with E-state index in [0.29, 0.717) is 6.42 Å². The minimum absolute atomic E-state index is 0.158. The minimum atomic E-state index is 0.158. The lowest BCUT2D eigenvalue weighted by Gasteiger charge is -2.26. The molecule has 0 aromatic rings. The first kappa shape index (κ1) is 10.9. The molecule has 4 heteroatoms. The molecule has 0 atom stereocenters. The van der Waals surface area contributed by atoms with E-state index in [0.717, 1.165) is 18.1 Å². The average Bonchev–Trinajstić information content (AvgIpc) is 2.07. The highest BCUT2D eigenvalue weighted by atomic mass is 32.2. The van der Waals surface area contributed by atoms with E-state index in [1.165, 1.54) is 18.8 Å². The monoisotopic (exact) mass is 202 g/mol. The number of carbonyl (C=O) groups excluding carboxylic acids is 1. The van der Waals surface area contributed by atoms with Crippen LogP contribution in [-0.4, -0.2) is 37.6 Å². The topological polar surface area (TPSA) is 41.1 Å². The molecule has 1 saturated heterocycles. The van der Waals surface area contributed by atoms with Crippen LogP contribution in [0.2, 0.25) is 0 Å². The SMILES string of the molecule is CNC(=O)CCCSCC1CNC1. The summed E-state index contributed by atoms with van der Waals surface area (Å²) in [6.45, 7) is 2.37. The summed E-state index contributed by atoms with van der Waals surface area (Å²) in [6, 6.07) is 0. The second-order valence-corrected chi connectivity index (χ2v) is 4.53. The Kier molecular flexibility index (Phi) is 5.23. The number of rotatable bonds is 6. The zero-order valence-electron chi connectivity index (χ0n) is 8.14. The minimum Gasteiger partial charge on any atom is -0.359 e. The number of nitrogens with one attached hydrogen (secondary N) is 2. The molecular formula is C9H18N2OS. The fraction of sp³-hybridized carbons (Fsp3) is 0.889. The van der Waals surface area contributed by atoms with Crippen molar-refractivity contribution in [3.8, 4) is 0 Å². The van der Waals surface area contributed by atoms with Gasteiger partial charge in [0.2, 0.25) is 5.91 Å². The predicted octanol–water partition coefficient (Wildman–Crippen LogP) is 0.465. The summed E-state index contributed by atoms with van der Waals surface area (Å²) in [7, 11) is 1.69. The van der Waals surface area contributed by atoms with Crippen LogP contribution < -0.4 is 10.6 Å². The Labute approximate surface area is 84.0 Å². The molecule has 0 aliphatic carbocycles. The van der Waals surface area contributed by atoms with Gasteiger partial charge in [0.15, 0.2) is 0 Å². The van der Waals surface area contributed by atoms with E-state index in [-0.39, 0.29) is 5.91 Å². The molecule has 1 rings (SSSR count). The summed E-state index contributed by atoms with van der Waals surface area (Å²) in [5.41, 5.74) is 0. The van der Waals surface area contributed by atoms with Crippen LogP contribution in [-0.2, 0) is 4.79 Å². The number of amides is 1. The van der Waals surface area contributed by atoms with Gasteiger partial charge in [0.1, 0.15) is 0 Å². The Bertz CT molecular complexity index is 160. The van der Waals surface area contributed by atoms with Crippen LogP contribution in [0.3, 0.4) is 0 Å². The van der Waals surface area contributed by atoms with Crippen LogP contribution in [0.4, 0.5) is 0 Å². The lowest BCUT2D eigenvalue weighted by atomic mass is 10.1. The molecular weight excluding hydrogens is 184 g/mol. The third-order valence-electron chi connectivity index (χ3n) is 2.19. The highest BCUT2D eigenvalue weighted by molar-refractivity contribution is 7.99. The lowest BCUT2D eigenvalue weighted by Crippen LogP contribution is -2.43. The number of carbonyl (C=O) groups is 1. The highest BCUT2D eigenvalue weighted by Crippen LogP contribution is 2.13. The summed E-state index contributed by atoms with van der Waals surface area (Å²) in [4.78, 5) is 10.8. The van der Waals surface area contributed by atoms with Gasteiger partial charge in [-0.1, -0.05) is 0 Å². The second kappa shape index (κ2) is 6.27. The normalized spacial score (nSPS) is 16.7. The molecule has 1 aliphatic heterocycles. The molecule has 0 aromatic heterocycles. The predicted molar refractivity (Wildman–Crippen MR) is 57.0 cm³/mol. The standard InChI is InChI=1S/C9H18N2OS/c1-10-9(12)3-2-4-13-7-8-5-11-6-8/h8,11H,2-7H2,1H3,(H,10,12). The third-order valence-corrected chi connectivity index (χ3v) is 3.48. The molecule has 0 unspecified atom stereocenters. The fourth-order valence-corrected chi connectivity index (χ4v) is 2.26. The van der Waals surface area contributed by atoms with Crippen LogP contribution in [0.5, 0.6) is 0 Å². The van der Waals surface area contributed by atoms with Crippen molar-refractivity contribution in [2.75, 3.05) is 31.6 Å². The zero-order chi connectivity index (χ0) is 9.52. The largest absolute Gasteiger partial charge is 0.359 e. The smallest absolute Gasteiger partial charge is 0.219 e. The van der Waals surface area contributed by atoms with Gasteiger partial charge in [-0.05, 0) is 36.9 Å². The Morgan fingerprint density at radius 1 is 1.62 bits per heavy atom. The van der Waals surface area contributed by atoms with E-state index in [1.807, 2.05) is 11.8 Å². The molecule has 0 radical (unpaired) electrons. The average molecular weight is 202 g/mol. The third kappa shape index (κ3) is 4.52. The van der Waals surface area contributed by atoms with Gasteiger partial charge in [-0.15, -0.1) is 0 Å². The molecule has 1 amide bonds. The van der Waals surface area contributed by atoms with Crippen molar-refractivity contribution >= 4 is 17.7 Å². The molecule has 0 bridgehead atoms. The molecule has 76 valence electrons. The first-order chi connectivity index (χ1) is 6.33. The maximum Gasteiger partial charge on any atom is 0.219 e. The van der Waals surface area contributed by atoms with Crippen LogP contribution in [0, 0.1) is 5.92 Å². The first-order valence-corrected chi connectivity index (χ1v) is 5.97. The number of hydrogen-bond donors (Lipinski definition) is 2. The number of hydrogen-bond acceptors (Lipinski definition) is 3. The summed E-state index contributed by atoms with van der Waals surface area (Å²) in [6.07, 6.45) is 1.68. The zero-order valence-corrected chi connectivity index (χ0v) is 8.95. The van der Waals surface area contributed by atoms with Gasteiger partial charge in [0.05, 0.1) is 0 Å². The molecule has 1 heterocycles. The van der Waals surface area contributed by atoms with Crippen LogP contribution in [0.25, 0.3) is 0 Å². The Morgan fingerprint density at radius 2 is 2.38 bits per heavy atom. The van der Waals surface area contributed by atoms with Gasteiger partial charge in [-0.25, -0.2) is 0 Å². The number of thioether (sulfide) groups is 1. The van der Waals surface area contributed by atoms with Crippen LogP contribution >= 0.6 is 11.8 Å². The Hall–Kier alpha value is -0.220. The van der Waals surface area contributed by atoms with E-state index >= 15 is 0 Å². The van der Waals surface area contributed by atoms with Gasteiger partial charge in [0.25, 0.3) is 0 Å². The molecule has 13 heavy (non-hydrogen) atoms. The van der Waals surface area contributed by atoms with Crippen molar-refractivity contribution in [3.05, 3.63) is 0 Å². The van der Waals surface area contributed by atoms with E-state index in [1.54, 1.807) is 7.05 Å². The van der Waals surface area contributed by atoms with Gasteiger partial charge in [-0.3, -0.25) is 4.79 Å². The van der Waals surface area contributed by atoms with Gasteiger partial charge >= 0.3 is 0 Å². The molecule has 0 aromatic carbocycles. The highest BCUT2D eigenvalue weighted by Gasteiger charge is 2.15. The van der Waals surface area contributed by atoms with Crippen molar-refractivity contribution in [2.24, 2.45) is 5.92 Å². The molecule has 3 nitrogen and oxygen atoms in total. The van der Waals surface area contributed by atoms with Gasteiger partial charge in [0, 0.05) is 13.5 Å². The molecule has 1 aliphatic rings. The molecule has 0 saturated carbocycles. The van der Waals surface area contributed by atoms with E-state index < -0.39 is 0 Å². The first-order valence-electron chi connectivity index (χ1n) is 4.82. The fourth-order valence-electron chi connectivity index (χ4n) is 1.18. The van der Waals surface area contributed by atoms with E-state index in [2.05, 4.69) is 10.6 Å². The summed E-state index contributed by atoms with van der Waals surface area (Å²) in [5.74, 6) is 3.40. The molecule has 1 fully saturated rings. The van der Waals surface area contributed by atoms with Gasteiger partial charge < -0.3 is 10.6 Å². The van der Waals surface area contributed by atoms with E-state index in [9.17, 15) is 4.79 Å². The maximum absolute atomic E-state index is 10.8. The van der Waals surface area contributed by atoms with Crippen molar-refractivity contribution < 1.29 is 4.79 Å². The van der Waals surface area contributed by atoms with Crippen molar-refractivity contribution in [2.45, 2.75) is 12.8 Å². The van der Waals surface area contributed by atoms with E-state index in [4.69, 9.17) is 0 Å². The second-order valence-electron chi connectivity index (χ2n) is 3.38. The van der Waals surface area contributed by atoms with Crippen molar-refractivity contribution in [3.63, 3.8) is 0 Å². The van der Waals surface area contributed by atoms with Gasteiger partial charge in [-0.2, -0.15) is 11.8 Å². The van der Waals surface area contributed by atoms with Crippen molar-refractivity contribution in [1.29, 1.82) is 0 Å². The summed E-state index contributed by atoms with van der Waals surface area (Å²) in [5, 5.41) is 5.88. The lowest BCUT2D eigenvalue weighted by molar-refractivity contribution is -0.120. The van der Waals surface area contributed by atoms with Crippen molar-refractivity contribution in [1.82, 2.24) is 10.6 Å².